The molecular formula is C20H19ClFN3O4S. The SMILES string of the molecule is COc1cc(C2SC(NC(C)=O)=NN2C(C)=O)cc(Cl)c1OCc1ccccc1F. The fraction of sp³-hybridized carbons (Fsp3) is 0.250. The summed E-state index contributed by atoms with van der Waals surface area (Å²) in [5, 5.41) is 7.98. The minimum atomic E-state index is -0.545. The van der Waals surface area contributed by atoms with Crippen molar-refractivity contribution in [2.75, 3.05) is 7.11 Å². The molecule has 0 fully saturated rings. The lowest BCUT2D eigenvalue weighted by molar-refractivity contribution is -0.129. The zero-order valence-corrected chi connectivity index (χ0v) is 18.0. The number of thioether (sulfide) groups is 1. The van der Waals surface area contributed by atoms with Crippen LogP contribution in [0.25, 0.3) is 0 Å². The normalized spacial score (nSPS) is 15.6. The number of halogens is 2. The van der Waals surface area contributed by atoms with E-state index in [2.05, 4.69) is 10.4 Å². The number of nitrogens with zero attached hydrogens (tertiary/aromatic N) is 2. The molecule has 1 atom stereocenters. The third kappa shape index (κ3) is 4.85. The molecule has 1 aliphatic heterocycles. The Hall–Kier alpha value is -2.78. The maximum atomic E-state index is 13.9. The first kappa shape index (κ1) is 21.9. The number of amidine groups is 1. The molecule has 0 saturated heterocycles. The van der Waals surface area contributed by atoms with E-state index in [1.54, 1.807) is 30.3 Å². The van der Waals surface area contributed by atoms with E-state index in [9.17, 15) is 14.0 Å². The lowest BCUT2D eigenvalue weighted by Gasteiger charge is -2.21. The fourth-order valence-electron chi connectivity index (χ4n) is 2.77. The van der Waals surface area contributed by atoms with Gasteiger partial charge in [0, 0.05) is 19.4 Å². The number of carbonyl (C=O) groups is 2. The Bertz CT molecular complexity index is 1020. The van der Waals surface area contributed by atoms with Crippen LogP contribution in [0.4, 0.5) is 4.39 Å². The molecule has 158 valence electrons. The van der Waals surface area contributed by atoms with E-state index in [1.165, 1.54) is 43.8 Å². The zero-order valence-electron chi connectivity index (χ0n) is 16.4. The average molecular weight is 452 g/mol. The molecule has 0 aliphatic carbocycles. The van der Waals surface area contributed by atoms with Gasteiger partial charge in [-0.15, -0.1) is 5.10 Å². The van der Waals surface area contributed by atoms with Gasteiger partial charge in [-0.1, -0.05) is 41.6 Å². The summed E-state index contributed by atoms with van der Waals surface area (Å²) < 4.78 is 25.0. The van der Waals surface area contributed by atoms with Crippen LogP contribution in [0.2, 0.25) is 5.02 Å². The van der Waals surface area contributed by atoms with Gasteiger partial charge in [0.2, 0.25) is 11.8 Å². The van der Waals surface area contributed by atoms with Crippen LogP contribution in [-0.2, 0) is 16.2 Å². The first-order valence-corrected chi connectivity index (χ1v) is 10.1. The zero-order chi connectivity index (χ0) is 21.8. The van der Waals surface area contributed by atoms with Crippen LogP contribution in [-0.4, -0.2) is 29.1 Å². The number of carbonyl (C=O) groups excluding carboxylic acids is 2. The summed E-state index contributed by atoms with van der Waals surface area (Å²) in [5.74, 6) is -0.399. The number of hydrazone groups is 1. The molecule has 1 N–H and O–H groups in total. The molecular weight excluding hydrogens is 433 g/mol. The monoisotopic (exact) mass is 451 g/mol. The summed E-state index contributed by atoms with van der Waals surface area (Å²) in [5.41, 5.74) is 1.00. The van der Waals surface area contributed by atoms with Crippen molar-refractivity contribution in [1.82, 2.24) is 10.3 Å². The summed E-state index contributed by atoms with van der Waals surface area (Å²) in [6, 6.07) is 9.57. The second kappa shape index (κ2) is 9.36. The molecule has 2 aromatic rings. The van der Waals surface area contributed by atoms with E-state index in [-0.39, 0.29) is 35.0 Å². The highest BCUT2D eigenvalue weighted by Crippen LogP contribution is 2.44. The van der Waals surface area contributed by atoms with E-state index in [0.29, 0.717) is 22.0 Å². The lowest BCUT2D eigenvalue weighted by atomic mass is 10.2. The van der Waals surface area contributed by atoms with E-state index < -0.39 is 5.37 Å². The van der Waals surface area contributed by atoms with Crippen LogP contribution in [0.3, 0.4) is 0 Å². The van der Waals surface area contributed by atoms with Crippen molar-refractivity contribution < 1.29 is 23.5 Å². The van der Waals surface area contributed by atoms with Crippen molar-refractivity contribution in [3.05, 3.63) is 58.4 Å². The van der Waals surface area contributed by atoms with Crippen molar-refractivity contribution in [2.24, 2.45) is 5.10 Å². The van der Waals surface area contributed by atoms with Gasteiger partial charge in [0.05, 0.1) is 12.1 Å². The molecule has 10 heteroatoms. The Labute approximate surface area is 182 Å². The van der Waals surface area contributed by atoms with Gasteiger partial charge in [-0.2, -0.15) is 0 Å². The molecule has 0 saturated carbocycles. The number of nitrogens with one attached hydrogen (secondary N) is 1. The van der Waals surface area contributed by atoms with Crippen molar-refractivity contribution in [2.45, 2.75) is 25.8 Å². The topological polar surface area (TPSA) is 80.2 Å². The number of hydrogen-bond acceptors (Lipinski definition) is 6. The van der Waals surface area contributed by atoms with Gasteiger partial charge in [-0.25, -0.2) is 9.40 Å². The second-order valence-corrected chi connectivity index (χ2v) is 7.81. The number of rotatable bonds is 5. The second-order valence-electron chi connectivity index (χ2n) is 6.33. The summed E-state index contributed by atoms with van der Waals surface area (Å²) in [6.45, 7) is 2.70. The van der Waals surface area contributed by atoms with Crippen molar-refractivity contribution in [3.8, 4) is 11.5 Å². The van der Waals surface area contributed by atoms with E-state index in [0.717, 1.165) is 0 Å². The van der Waals surface area contributed by atoms with Crippen LogP contribution in [0.1, 0.15) is 30.3 Å². The van der Waals surface area contributed by atoms with Crippen LogP contribution in [0.15, 0.2) is 41.5 Å². The predicted molar refractivity (Wildman–Crippen MR) is 113 cm³/mol. The van der Waals surface area contributed by atoms with Crippen LogP contribution >= 0.6 is 23.4 Å². The largest absolute Gasteiger partial charge is 0.493 e. The summed E-state index contributed by atoms with van der Waals surface area (Å²) in [4.78, 5) is 23.4. The standard InChI is InChI=1S/C20H19ClFN3O4S/c1-11(26)23-20-24-25(12(2)27)19(30-20)14-8-15(21)18(17(9-14)28-3)29-10-13-6-4-5-7-16(13)22/h4-9,19H,10H2,1-3H3,(H,23,24,26). The summed E-state index contributed by atoms with van der Waals surface area (Å²) in [6.07, 6.45) is 0. The molecule has 2 amide bonds. The fourth-order valence-corrected chi connectivity index (χ4v) is 4.16. The van der Waals surface area contributed by atoms with Gasteiger partial charge < -0.3 is 14.8 Å². The van der Waals surface area contributed by atoms with Gasteiger partial charge in [0.25, 0.3) is 0 Å². The first-order valence-electron chi connectivity index (χ1n) is 8.86. The molecule has 0 spiro atoms. The number of methoxy groups -OCH3 is 1. The Morgan fingerprint density at radius 1 is 1.30 bits per heavy atom. The highest BCUT2D eigenvalue weighted by molar-refractivity contribution is 8.14. The molecule has 0 radical (unpaired) electrons. The number of ether oxygens (including phenoxy) is 2. The molecule has 1 heterocycles. The number of benzene rings is 2. The average Bonchev–Trinajstić information content (AvgIpc) is 3.11. The minimum absolute atomic E-state index is 0.0321. The van der Waals surface area contributed by atoms with E-state index in [4.69, 9.17) is 21.1 Å². The lowest BCUT2D eigenvalue weighted by Crippen LogP contribution is -2.25. The van der Waals surface area contributed by atoms with E-state index in [1.807, 2.05) is 0 Å². The molecule has 0 aromatic heterocycles. The predicted octanol–water partition coefficient (Wildman–Crippen LogP) is 4.07. The summed E-state index contributed by atoms with van der Waals surface area (Å²) >= 11 is 7.62. The maximum absolute atomic E-state index is 13.9. The van der Waals surface area contributed by atoms with E-state index >= 15 is 0 Å². The van der Waals surface area contributed by atoms with Crippen LogP contribution in [0.5, 0.6) is 11.5 Å². The van der Waals surface area contributed by atoms with Gasteiger partial charge in [0.15, 0.2) is 16.7 Å². The molecule has 1 aliphatic rings. The smallest absolute Gasteiger partial charge is 0.241 e. The Balaban J connectivity index is 1.87. The number of amides is 2. The Morgan fingerprint density at radius 2 is 2.03 bits per heavy atom. The molecule has 2 aromatic carbocycles. The minimum Gasteiger partial charge on any atom is -0.493 e. The van der Waals surface area contributed by atoms with Crippen LogP contribution < -0.4 is 14.8 Å². The Kier molecular flexibility index (Phi) is 6.84. The van der Waals surface area contributed by atoms with Gasteiger partial charge in [-0.05, 0) is 23.8 Å². The van der Waals surface area contributed by atoms with Crippen molar-refractivity contribution in [3.63, 3.8) is 0 Å². The Morgan fingerprint density at radius 3 is 2.67 bits per heavy atom. The third-order valence-electron chi connectivity index (χ3n) is 4.12. The molecule has 3 rings (SSSR count). The number of hydrogen-bond donors (Lipinski definition) is 1. The van der Waals surface area contributed by atoms with Crippen molar-refractivity contribution in [1.29, 1.82) is 0 Å². The van der Waals surface area contributed by atoms with Gasteiger partial charge in [0.1, 0.15) is 17.8 Å². The van der Waals surface area contributed by atoms with Crippen molar-refractivity contribution >= 4 is 40.3 Å². The molecule has 1 unspecified atom stereocenters. The maximum Gasteiger partial charge on any atom is 0.241 e. The molecule has 0 bridgehead atoms. The molecule has 30 heavy (non-hydrogen) atoms. The summed E-state index contributed by atoms with van der Waals surface area (Å²) in [7, 11) is 1.45. The third-order valence-corrected chi connectivity index (χ3v) is 5.50. The van der Waals surface area contributed by atoms with Crippen LogP contribution in [0, 0.1) is 5.82 Å². The highest BCUT2D eigenvalue weighted by atomic mass is 35.5. The van der Waals surface area contributed by atoms with Gasteiger partial charge in [-0.3, -0.25) is 9.59 Å². The molecule has 7 nitrogen and oxygen atoms in total. The highest BCUT2D eigenvalue weighted by Gasteiger charge is 2.33. The quantitative estimate of drug-likeness (QED) is 0.741. The first-order chi connectivity index (χ1) is 14.3. The van der Waals surface area contributed by atoms with Gasteiger partial charge >= 0.3 is 0 Å².